The Labute approximate surface area is 127 Å². The molecule has 0 radical (unpaired) electrons. The highest BCUT2D eigenvalue weighted by atomic mass is 32.1. The highest BCUT2D eigenvalue weighted by molar-refractivity contribution is 7.09. The summed E-state index contributed by atoms with van der Waals surface area (Å²) in [6.45, 7) is 13.2. The summed E-state index contributed by atoms with van der Waals surface area (Å²) >= 11 is 1.80. The quantitative estimate of drug-likeness (QED) is 0.853. The second-order valence-electron chi connectivity index (χ2n) is 7.15. The van der Waals surface area contributed by atoms with E-state index in [9.17, 15) is 0 Å². The number of nitrogens with zero attached hydrogens (tertiary/aromatic N) is 3. The first-order chi connectivity index (χ1) is 9.50. The van der Waals surface area contributed by atoms with Crippen molar-refractivity contribution >= 4 is 11.3 Å². The Morgan fingerprint density at radius 2 is 2.15 bits per heavy atom. The van der Waals surface area contributed by atoms with E-state index < -0.39 is 0 Å². The Bertz CT molecular complexity index is 441. The molecule has 3 nitrogen and oxygen atoms in total. The van der Waals surface area contributed by atoms with Crippen LogP contribution < -0.4 is 0 Å². The highest BCUT2D eigenvalue weighted by Crippen LogP contribution is 2.37. The van der Waals surface area contributed by atoms with Gasteiger partial charge in [-0.3, -0.25) is 9.80 Å². The molecule has 3 heterocycles. The first-order valence-electron chi connectivity index (χ1n) is 7.91. The fraction of sp³-hybridized carbons (Fsp3) is 0.812. The molecule has 3 rings (SSSR count). The topological polar surface area (TPSA) is 19.4 Å². The molecule has 2 aliphatic rings. The van der Waals surface area contributed by atoms with Crippen LogP contribution >= 0.6 is 11.3 Å². The van der Waals surface area contributed by atoms with Crippen molar-refractivity contribution in [1.82, 2.24) is 14.8 Å². The van der Waals surface area contributed by atoms with Gasteiger partial charge in [0.25, 0.3) is 0 Å². The predicted octanol–water partition coefficient (Wildman–Crippen LogP) is 3.18. The van der Waals surface area contributed by atoms with Gasteiger partial charge in [-0.2, -0.15) is 0 Å². The largest absolute Gasteiger partial charge is 0.298 e. The minimum absolute atomic E-state index is 0.0534. The molecule has 2 unspecified atom stereocenters. The molecule has 1 aromatic heterocycles. The molecular weight excluding hydrogens is 266 g/mol. The van der Waals surface area contributed by atoms with Gasteiger partial charge in [-0.15, -0.1) is 11.3 Å². The first kappa shape index (κ1) is 14.5. The number of hydrogen-bond acceptors (Lipinski definition) is 4. The van der Waals surface area contributed by atoms with Crippen molar-refractivity contribution in [3.8, 4) is 0 Å². The zero-order chi connectivity index (χ0) is 14.3. The predicted molar refractivity (Wildman–Crippen MR) is 85.1 cm³/mol. The lowest BCUT2D eigenvalue weighted by molar-refractivity contribution is -0.0356. The van der Waals surface area contributed by atoms with E-state index in [1.165, 1.54) is 37.5 Å². The Balaban J connectivity index is 1.88. The average molecular weight is 293 g/mol. The van der Waals surface area contributed by atoms with Crippen LogP contribution in [0.2, 0.25) is 0 Å². The van der Waals surface area contributed by atoms with Gasteiger partial charge < -0.3 is 0 Å². The van der Waals surface area contributed by atoms with Crippen LogP contribution in [0.1, 0.15) is 45.5 Å². The van der Waals surface area contributed by atoms with E-state index in [0.29, 0.717) is 12.0 Å². The van der Waals surface area contributed by atoms with Gasteiger partial charge in [-0.1, -0.05) is 13.8 Å². The van der Waals surface area contributed by atoms with Gasteiger partial charge in [0.15, 0.2) is 0 Å². The van der Waals surface area contributed by atoms with Crippen molar-refractivity contribution in [3.63, 3.8) is 0 Å². The summed E-state index contributed by atoms with van der Waals surface area (Å²) in [6.07, 6.45) is 4.69. The third-order valence-electron chi connectivity index (χ3n) is 5.17. The first-order valence-corrected chi connectivity index (χ1v) is 8.79. The molecule has 1 aromatic rings. The van der Waals surface area contributed by atoms with Crippen molar-refractivity contribution in [2.45, 2.75) is 58.2 Å². The number of thiazole rings is 1. The summed E-state index contributed by atoms with van der Waals surface area (Å²) in [5.74, 6) is 0.691. The lowest BCUT2D eigenvalue weighted by Crippen LogP contribution is -2.62. The summed E-state index contributed by atoms with van der Waals surface area (Å²) in [5.41, 5.74) is 0.0534. The molecule has 0 saturated carbocycles. The van der Waals surface area contributed by atoms with Crippen LogP contribution in [0, 0.1) is 5.92 Å². The summed E-state index contributed by atoms with van der Waals surface area (Å²) in [4.78, 5) is 10.1. The Morgan fingerprint density at radius 1 is 1.35 bits per heavy atom. The minimum atomic E-state index is 0.0534. The van der Waals surface area contributed by atoms with Gasteiger partial charge in [0, 0.05) is 36.8 Å². The molecule has 2 aliphatic heterocycles. The van der Waals surface area contributed by atoms with Gasteiger partial charge in [0.2, 0.25) is 0 Å². The number of rotatable bonds is 3. The van der Waals surface area contributed by atoms with E-state index in [2.05, 4.69) is 47.9 Å². The van der Waals surface area contributed by atoms with Crippen molar-refractivity contribution < 1.29 is 0 Å². The second kappa shape index (κ2) is 5.39. The van der Waals surface area contributed by atoms with Gasteiger partial charge in [0.05, 0.1) is 5.54 Å². The molecule has 4 heteroatoms. The van der Waals surface area contributed by atoms with Crippen LogP contribution in [-0.2, 0) is 5.54 Å². The number of piperazine rings is 1. The average Bonchev–Trinajstić information content (AvgIpc) is 3.08. The summed E-state index contributed by atoms with van der Waals surface area (Å²) in [5, 5.41) is 3.36. The molecule has 2 atom stereocenters. The fourth-order valence-corrected chi connectivity index (χ4v) is 4.68. The molecule has 20 heavy (non-hydrogen) atoms. The number of hydrogen-bond donors (Lipinski definition) is 0. The molecule has 0 amide bonds. The minimum Gasteiger partial charge on any atom is -0.298 e. The van der Waals surface area contributed by atoms with Crippen molar-refractivity contribution in [1.29, 1.82) is 0 Å². The van der Waals surface area contributed by atoms with Gasteiger partial charge in [-0.25, -0.2) is 4.98 Å². The van der Waals surface area contributed by atoms with Crippen molar-refractivity contribution in [3.05, 3.63) is 16.6 Å². The highest BCUT2D eigenvalue weighted by Gasteiger charge is 2.44. The van der Waals surface area contributed by atoms with Crippen molar-refractivity contribution in [2.24, 2.45) is 5.92 Å². The van der Waals surface area contributed by atoms with Gasteiger partial charge in [0.1, 0.15) is 5.01 Å². The normalized spacial score (nSPS) is 29.1. The van der Waals surface area contributed by atoms with E-state index in [-0.39, 0.29) is 5.54 Å². The zero-order valence-electron chi connectivity index (χ0n) is 13.2. The van der Waals surface area contributed by atoms with E-state index >= 15 is 0 Å². The summed E-state index contributed by atoms with van der Waals surface area (Å²) in [7, 11) is 0. The third kappa shape index (κ3) is 2.42. The van der Waals surface area contributed by atoms with Crippen LogP contribution in [-0.4, -0.2) is 46.5 Å². The van der Waals surface area contributed by atoms with Crippen LogP contribution in [0.15, 0.2) is 11.6 Å². The molecule has 0 N–H and O–H groups in total. The van der Waals surface area contributed by atoms with Crippen LogP contribution in [0.4, 0.5) is 0 Å². The third-order valence-corrected chi connectivity index (χ3v) is 6.26. The molecule has 0 aromatic carbocycles. The van der Waals surface area contributed by atoms with Gasteiger partial charge >= 0.3 is 0 Å². The Kier molecular flexibility index (Phi) is 3.91. The molecule has 112 valence electrons. The molecular formula is C16H27N3S. The number of aromatic nitrogens is 1. The van der Waals surface area contributed by atoms with Crippen LogP contribution in [0.25, 0.3) is 0 Å². The molecule has 2 fully saturated rings. The van der Waals surface area contributed by atoms with E-state index in [4.69, 9.17) is 0 Å². The maximum atomic E-state index is 4.61. The summed E-state index contributed by atoms with van der Waals surface area (Å²) in [6, 6.07) is 1.41. The van der Waals surface area contributed by atoms with Crippen molar-refractivity contribution in [2.75, 3.05) is 19.6 Å². The summed E-state index contributed by atoms with van der Waals surface area (Å²) < 4.78 is 0. The zero-order valence-corrected chi connectivity index (χ0v) is 14.0. The van der Waals surface area contributed by atoms with E-state index in [1.807, 2.05) is 6.20 Å². The Morgan fingerprint density at radius 3 is 2.80 bits per heavy atom. The molecule has 2 saturated heterocycles. The van der Waals surface area contributed by atoms with Gasteiger partial charge in [-0.05, 0) is 39.2 Å². The molecule has 0 aliphatic carbocycles. The van der Waals surface area contributed by atoms with Crippen LogP contribution in [0.3, 0.4) is 0 Å². The maximum Gasteiger partial charge on any atom is 0.112 e. The smallest absolute Gasteiger partial charge is 0.112 e. The van der Waals surface area contributed by atoms with Crippen LogP contribution in [0.5, 0.6) is 0 Å². The SMILES string of the molecule is CC(C)C1CN2CCCC2CN1C(C)(C)c1nccs1. The monoisotopic (exact) mass is 293 g/mol. The lowest BCUT2D eigenvalue weighted by Gasteiger charge is -2.51. The van der Waals surface area contributed by atoms with E-state index in [0.717, 1.165) is 6.04 Å². The molecule has 0 bridgehead atoms. The second-order valence-corrected chi connectivity index (χ2v) is 8.05. The fourth-order valence-electron chi connectivity index (χ4n) is 3.91. The maximum absolute atomic E-state index is 4.61. The lowest BCUT2D eigenvalue weighted by atomic mass is 9.90. The molecule has 0 spiro atoms. The Hall–Kier alpha value is -0.450. The number of fused-ring (bicyclic) bond motifs is 1. The van der Waals surface area contributed by atoms with E-state index in [1.54, 1.807) is 11.3 Å². The standard InChI is InChI=1S/C16H27N3S/c1-12(2)14-11-18-8-5-6-13(18)10-19(14)16(3,4)15-17-7-9-20-15/h7,9,12-14H,5-6,8,10-11H2,1-4H3.